The van der Waals surface area contributed by atoms with Crippen LogP contribution < -0.4 is 4.90 Å². The normalized spacial score (nSPS) is 17.2. The number of carbonyl (C=O) groups excluding carboxylic acids is 1. The maximum Gasteiger partial charge on any atom is 0.389 e. The Morgan fingerprint density at radius 2 is 1.41 bits per heavy atom. The number of alkyl halides is 3. The molecule has 212 valence electrons. The van der Waals surface area contributed by atoms with Crippen molar-refractivity contribution < 1.29 is 18.0 Å². The molecule has 1 fully saturated rings. The monoisotopic (exact) mass is 556 g/mol. The smallest absolute Gasteiger partial charge is 0.370 e. The van der Waals surface area contributed by atoms with Gasteiger partial charge in [0.1, 0.15) is 0 Å². The maximum atomic E-state index is 14.5. The summed E-state index contributed by atoms with van der Waals surface area (Å²) in [6, 6.07) is 31.0. The predicted octanol–water partition coefficient (Wildman–Crippen LogP) is 7.61. The zero-order chi connectivity index (χ0) is 28.5. The van der Waals surface area contributed by atoms with E-state index >= 15 is 0 Å². The van der Waals surface area contributed by atoms with Crippen LogP contribution in [0.5, 0.6) is 0 Å². The van der Waals surface area contributed by atoms with Crippen LogP contribution in [0.2, 0.25) is 0 Å². The average molecular weight is 557 g/mol. The van der Waals surface area contributed by atoms with Gasteiger partial charge in [-0.1, -0.05) is 84.9 Å². The lowest BCUT2D eigenvalue weighted by Crippen LogP contribution is -2.37. The third-order valence-corrected chi connectivity index (χ3v) is 8.77. The number of hydrogen-bond donors (Lipinski definition) is 0. The lowest BCUT2D eigenvalue weighted by molar-refractivity contribution is -0.136. The average Bonchev–Trinajstić information content (AvgIpc) is 3.10. The highest BCUT2D eigenvalue weighted by Crippen LogP contribution is 2.48. The van der Waals surface area contributed by atoms with E-state index in [1.807, 2.05) is 48.5 Å². The van der Waals surface area contributed by atoms with Gasteiger partial charge in [-0.2, -0.15) is 13.2 Å². The molecule has 6 rings (SSSR count). The van der Waals surface area contributed by atoms with E-state index in [1.54, 1.807) is 0 Å². The van der Waals surface area contributed by atoms with Crippen LogP contribution in [-0.2, 0) is 18.3 Å². The molecule has 2 aliphatic rings. The molecule has 0 atom stereocenters. The van der Waals surface area contributed by atoms with E-state index < -0.39 is 18.0 Å². The molecule has 0 unspecified atom stereocenters. The van der Waals surface area contributed by atoms with Gasteiger partial charge in [-0.3, -0.25) is 4.79 Å². The lowest BCUT2D eigenvalue weighted by Gasteiger charge is -2.31. The fraction of sp³-hybridized carbons (Fsp3) is 0.343. The number of ketones is 1. The Morgan fingerprint density at radius 3 is 2.07 bits per heavy atom. The van der Waals surface area contributed by atoms with Gasteiger partial charge in [0.15, 0.2) is 5.78 Å². The van der Waals surface area contributed by atoms with Gasteiger partial charge in [0.2, 0.25) is 0 Å². The SMILES string of the molecule is O=C1c2cccc3c(N4CCCN(CCCC(F)(F)F)CC4)ccc(c23)C1(Cc1ccccc1)Cc1ccccc1. The Hall–Kier alpha value is -3.64. The molecule has 1 aliphatic heterocycles. The summed E-state index contributed by atoms with van der Waals surface area (Å²) in [5.41, 5.74) is 4.56. The summed E-state index contributed by atoms with van der Waals surface area (Å²) < 4.78 is 38.0. The first-order valence-electron chi connectivity index (χ1n) is 14.6. The first-order chi connectivity index (χ1) is 19.8. The maximum absolute atomic E-state index is 14.5. The highest BCUT2D eigenvalue weighted by Gasteiger charge is 2.47. The van der Waals surface area contributed by atoms with Crippen LogP contribution >= 0.6 is 0 Å². The summed E-state index contributed by atoms with van der Waals surface area (Å²) in [6.45, 7) is 3.57. The molecule has 1 heterocycles. The van der Waals surface area contributed by atoms with E-state index in [-0.39, 0.29) is 12.2 Å². The molecular formula is C35H35F3N2O. The van der Waals surface area contributed by atoms with Crippen LogP contribution in [0.4, 0.5) is 18.9 Å². The van der Waals surface area contributed by atoms with E-state index in [2.05, 4.69) is 52.3 Å². The zero-order valence-electron chi connectivity index (χ0n) is 23.2. The van der Waals surface area contributed by atoms with Gasteiger partial charge in [-0.25, -0.2) is 0 Å². The molecule has 0 bridgehead atoms. The minimum Gasteiger partial charge on any atom is -0.370 e. The van der Waals surface area contributed by atoms with Gasteiger partial charge in [0, 0.05) is 42.7 Å². The molecule has 4 aromatic rings. The number of anilines is 1. The van der Waals surface area contributed by atoms with Crippen molar-refractivity contribution in [2.24, 2.45) is 0 Å². The molecule has 6 heteroatoms. The van der Waals surface area contributed by atoms with E-state index in [4.69, 9.17) is 0 Å². The van der Waals surface area contributed by atoms with Crippen molar-refractivity contribution in [2.45, 2.75) is 43.7 Å². The molecular weight excluding hydrogens is 521 g/mol. The highest BCUT2D eigenvalue weighted by molar-refractivity contribution is 6.22. The number of nitrogens with zero attached hydrogens (tertiary/aromatic N) is 2. The van der Waals surface area contributed by atoms with Crippen molar-refractivity contribution >= 4 is 22.2 Å². The fourth-order valence-corrected chi connectivity index (χ4v) is 6.88. The predicted molar refractivity (Wildman–Crippen MR) is 159 cm³/mol. The summed E-state index contributed by atoms with van der Waals surface area (Å²) >= 11 is 0. The van der Waals surface area contributed by atoms with Crippen molar-refractivity contribution in [3.63, 3.8) is 0 Å². The summed E-state index contributed by atoms with van der Waals surface area (Å²) in [6.07, 6.45) is -2.56. The first kappa shape index (κ1) is 27.5. The minimum absolute atomic E-state index is 0.136. The Balaban J connectivity index is 1.34. The Labute approximate surface area is 239 Å². The zero-order valence-corrected chi connectivity index (χ0v) is 23.2. The molecule has 3 nitrogen and oxygen atoms in total. The van der Waals surface area contributed by atoms with E-state index in [0.29, 0.717) is 19.4 Å². The van der Waals surface area contributed by atoms with Gasteiger partial charge in [-0.05, 0) is 66.9 Å². The summed E-state index contributed by atoms with van der Waals surface area (Å²) in [5, 5.41) is 2.13. The Bertz CT molecular complexity index is 1480. The number of benzene rings is 4. The van der Waals surface area contributed by atoms with Gasteiger partial charge in [0.05, 0.1) is 5.41 Å². The largest absolute Gasteiger partial charge is 0.389 e. The second kappa shape index (κ2) is 11.3. The van der Waals surface area contributed by atoms with Crippen LogP contribution in [-0.4, -0.2) is 49.6 Å². The molecule has 0 radical (unpaired) electrons. The number of carbonyl (C=O) groups is 1. The van der Waals surface area contributed by atoms with Crippen molar-refractivity contribution in [3.05, 3.63) is 113 Å². The van der Waals surface area contributed by atoms with Crippen LogP contribution in [0, 0.1) is 0 Å². The summed E-state index contributed by atoms with van der Waals surface area (Å²) in [4.78, 5) is 19.0. The van der Waals surface area contributed by atoms with Gasteiger partial charge >= 0.3 is 6.18 Å². The summed E-state index contributed by atoms with van der Waals surface area (Å²) in [7, 11) is 0. The standard InChI is InChI=1S/C35H35F3N2O/c36-35(37,38)18-8-19-39-20-9-21-40(23-22-39)31-17-16-30-32-28(31)14-7-15-29(32)33(41)34(30,24-26-10-3-1-4-11-26)25-27-12-5-2-6-13-27/h1-7,10-17H,8-9,18-25H2. The molecule has 0 saturated carbocycles. The third kappa shape index (κ3) is 5.62. The Kier molecular flexibility index (Phi) is 7.60. The quantitative estimate of drug-likeness (QED) is 0.223. The lowest BCUT2D eigenvalue weighted by atomic mass is 9.71. The fourth-order valence-electron chi connectivity index (χ4n) is 6.88. The molecule has 1 saturated heterocycles. The van der Waals surface area contributed by atoms with Gasteiger partial charge in [0.25, 0.3) is 0 Å². The molecule has 0 aromatic heterocycles. The van der Waals surface area contributed by atoms with E-state index in [9.17, 15) is 18.0 Å². The highest BCUT2D eigenvalue weighted by atomic mass is 19.4. The van der Waals surface area contributed by atoms with Gasteiger partial charge in [-0.15, -0.1) is 0 Å². The second-order valence-corrected chi connectivity index (χ2v) is 11.5. The van der Waals surface area contributed by atoms with Crippen molar-refractivity contribution in [3.8, 4) is 0 Å². The number of rotatable bonds is 8. The van der Waals surface area contributed by atoms with E-state index in [0.717, 1.165) is 71.3 Å². The molecule has 0 N–H and O–H groups in total. The molecule has 0 spiro atoms. The number of halogens is 3. The summed E-state index contributed by atoms with van der Waals surface area (Å²) in [5.74, 6) is 0.176. The van der Waals surface area contributed by atoms with Crippen LogP contribution in [0.3, 0.4) is 0 Å². The molecule has 41 heavy (non-hydrogen) atoms. The number of hydrogen-bond acceptors (Lipinski definition) is 3. The number of Topliss-reactive ketones (excluding diaryl/α,β-unsaturated/α-hetero) is 1. The third-order valence-electron chi connectivity index (χ3n) is 8.77. The van der Waals surface area contributed by atoms with Crippen LogP contribution in [0.25, 0.3) is 10.8 Å². The second-order valence-electron chi connectivity index (χ2n) is 11.5. The topological polar surface area (TPSA) is 23.6 Å². The minimum atomic E-state index is -4.10. The van der Waals surface area contributed by atoms with Crippen molar-refractivity contribution in [2.75, 3.05) is 37.6 Å². The first-order valence-corrected chi connectivity index (χ1v) is 14.6. The van der Waals surface area contributed by atoms with Crippen LogP contribution in [0.1, 0.15) is 46.3 Å². The molecule has 4 aromatic carbocycles. The van der Waals surface area contributed by atoms with Crippen molar-refractivity contribution in [1.29, 1.82) is 0 Å². The van der Waals surface area contributed by atoms with Gasteiger partial charge < -0.3 is 9.80 Å². The van der Waals surface area contributed by atoms with E-state index in [1.165, 1.54) is 0 Å². The Morgan fingerprint density at radius 1 is 0.732 bits per heavy atom. The molecule has 0 amide bonds. The molecule has 1 aliphatic carbocycles. The van der Waals surface area contributed by atoms with Crippen LogP contribution in [0.15, 0.2) is 91.0 Å². The van der Waals surface area contributed by atoms with Crippen molar-refractivity contribution in [1.82, 2.24) is 4.90 Å².